The molecule has 1 heterocycles. The van der Waals surface area contributed by atoms with Crippen LogP contribution in [0.1, 0.15) is 24.1 Å². The predicted octanol–water partition coefficient (Wildman–Crippen LogP) is 1.94. The van der Waals surface area contributed by atoms with Crippen molar-refractivity contribution in [3.05, 3.63) is 17.0 Å². The van der Waals surface area contributed by atoms with Gasteiger partial charge in [-0.25, -0.2) is 13.1 Å². The van der Waals surface area contributed by atoms with Crippen molar-refractivity contribution in [1.82, 2.24) is 4.72 Å². The second-order valence-corrected chi connectivity index (χ2v) is 8.91. The van der Waals surface area contributed by atoms with Gasteiger partial charge in [-0.15, -0.1) is 11.3 Å². The lowest BCUT2D eigenvalue weighted by Gasteiger charge is -2.18. The van der Waals surface area contributed by atoms with Crippen LogP contribution in [0, 0.1) is 0 Å². The van der Waals surface area contributed by atoms with Crippen LogP contribution in [0.25, 0.3) is 0 Å². The van der Waals surface area contributed by atoms with Crippen molar-refractivity contribution in [2.75, 3.05) is 6.26 Å². The number of thiophene rings is 1. The highest BCUT2D eigenvalue weighted by Crippen LogP contribution is 2.30. The molecule has 112 valence electrons. The molecule has 2 N–H and O–H groups in total. The van der Waals surface area contributed by atoms with Crippen molar-refractivity contribution in [2.45, 2.75) is 41.2 Å². The average Bonchev–Trinajstić information content (AvgIpc) is 2.97. The summed E-state index contributed by atoms with van der Waals surface area (Å²) in [6, 6.07) is 3.02. The van der Waals surface area contributed by atoms with E-state index in [1.54, 1.807) is 17.8 Å². The van der Waals surface area contributed by atoms with Gasteiger partial charge in [0.2, 0.25) is 10.0 Å². The summed E-state index contributed by atoms with van der Waals surface area (Å²) >= 11 is 2.71. The first-order valence-corrected chi connectivity index (χ1v) is 9.87. The molecule has 0 aliphatic heterocycles. The lowest BCUT2D eigenvalue weighted by Crippen LogP contribution is -2.38. The number of carboxylic acids is 1. The summed E-state index contributed by atoms with van der Waals surface area (Å²) in [5.41, 5.74) is 0. The Labute approximate surface area is 126 Å². The SMILES string of the molecule is CSC1CCCC1NS(=O)(=O)c1ccc(CC(=O)O)s1. The fourth-order valence-electron chi connectivity index (χ4n) is 2.35. The van der Waals surface area contributed by atoms with Gasteiger partial charge < -0.3 is 5.11 Å². The zero-order valence-electron chi connectivity index (χ0n) is 11.0. The van der Waals surface area contributed by atoms with Crippen LogP contribution >= 0.6 is 23.1 Å². The molecular weight excluding hydrogens is 318 g/mol. The van der Waals surface area contributed by atoms with E-state index in [1.807, 2.05) is 6.26 Å². The van der Waals surface area contributed by atoms with Crippen LogP contribution in [0.4, 0.5) is 0 Å². The normalized spacial score (nSPS) is 23.1. The van der Waals surface area contributed by atoms with Crippen LogP contribution in [0.15, 0.2) is 16.3 Å². The van der Waals surface area contributed by atoms with Crippen molar-refractivity contribution in [1.29, 1.82) is 0 Å². The lowest BCUT2D eigenvalue weighted by molar-refractivity contribution is -0.136. The fraction of sp³-hybridized carbons (Fsp3) is 0.583. The van der Waals surface area contributed by atoms with Crippen LogP contribution in [-0.2, 0) is 21.2 Å². The Morgan fingerprint density at radius 1 is 1.50 bits per heavy atom. The molecule has 1 aliphatic carbocycles. The molecule has 8 heteroatoms. The first-order chi connectivity index (χ1) is 9.42. The van der Waals surface area contributed by atoms with Crippen LogP contribution in [0.3, 0.4) is 0 Å². The van der Waals surface area contributed by atoms with E-state index in [1.165, 1.54) is 6.07 Å². The molecule has 1 aliphatic rings. The van der Waals surface area contributed by atoms with Gasteiger partial charge in [-0.3, -0.25) is 4.79 Å². The number of carboxylic acid groups (broad SMARTS) is 1. The highest BCUT2D eigenvalue weighted by atomic mass is 32.2. The minimum absolute atomic E-state index is 0.0278. The third kappa shape index (κ3) is 3.75. The summed E-state index contributed by atoms with van der Waals surface area (Å²) in [7, 11) is -3.54. The van der Waals surface area contributed by atoms with E-state index in [0.29, 0.717) is 10.1 Å². The zero-order valence-corrected chi connectivity index (χ0v) is 13.5. The van der Waals surface area contributed by atoms with Gasteiger partial charge in [0.25, 0.3) is 0 Å². The molecule has 1 fully saturated rings. The van der Waals surface area contributed by atoms with E-state index in [4.69, 9.17) is 5.11 Å². The largest absolute Gasteiger partial charge is 0.481 e. The van der Waals surface area contributed by atoms with Gasteiger partial charge >= 0.3 is 5.97 Å². The van der Waals surface area contributed by atoms with Crippen molar-refractivity contribution < 1.29 is 18.3 Å². The topological polar surface area (TPSA) is 83.5 Å². The molecule has 5 nitrogen and oxygen atoms in total. The van der Waals surface area contributed by atoms with Gasteiger partial charge in [-0.1, -0.05) is 6.42 Å². The van der Waals surface area contributed by atoms with E-state index in [2.05, 4.69) is 4.72 Å². The summed E-state index contributed by atoms with van der Waals surface area (Å²) in [6.45, 7) is 0. The lowest BCUT2D eigenvalue weighted by atomic mass is 10.3. The molecule has 2 rings (SSSR count). The first-order valence-electron chi connectivity index (χ1n) is 6.28. The summed E-state index contributed by atoms with van der Waals surface area (Å²) in [6.07, 6.45) is 4.78. The highest BCUT2D eigenvalue weighted by molar-refractivity contribution is 7.99. The zero-order chi connectivity index (χ0) is 14.8. The van der Waals surface area contributed by atoms with Crippen molar-refractivity contribution in [3.8, 4) is 0 Å². The smallest absolute Gasteiger partial charge is 0.308 e. The summed E-state index contributed by atoms with van der Waals surface area (Å²) in [4.78, 5) is 11.2. The molecule has 0 bridgehead atoms. The third-order valence-corrected chi connectivity index (χ3v) is 7.53. The minimum Gasteiger partial charge on any atom is -0.481 e. The monoisotopic (exact) mass is 335 g/mol. The van der Waals surface area contributed by atoms with E-state index in [9.17, 15) is 13.2 Å². The molecule has 0 spiro atoms. The van der Waals surface area contributed by atoms with Gasteiger partial charge in [-0.2, -0.15) is 11.8 Å². The predicted molar refractivity (Wildman–Crippen MR) is 80.9 cm³/mol. The molecule has 2 atom stereocenters. The third-order valence-electron chi connectivity index (χ3n) is 3.29. The molecule has 20 heavy (non-hydrogen) atoms. The first kappa shape index (κ1) is 15.8. The minimum atomic E-state index is -3.54. The maximum Gasteiger partial charge on any atom is 0.308 e. The number of rotatable bonds is 6. The molecule has 0 amide bonds. The van der Waals surface area contributed by atoms with Crippen LogP contribution in [0.5, 0.6) is 0 Å². The second-order valence-electron chi connectivity index (χ2n) is 4.72. The second kappa shape index (κ2) is 6.46. The van der Waals surface area contributed by atoms with Gasteiger partial charge in [-0.05, 0) is 31.2 Å². The Balaban J connectivity index is 2.10. The van der Waals surface area contributed by atoms with Crippen LogP contribution in [0.2, 0.25) is 0 Å². The average molecular weight is 335 g/mol. The molecule has 2 unspecified atom stereocenters. The Bertz CT molecular complexity index is 581. The Hall–Kier alpha value is -0.570. The van der Waals surface area contributed by atoms with Gasteiger partial charge in [0.1, 0.15) is 4.21 Å². The molecule has 1 aromatic rings. The van der Waals surface area contributed by atoms with Crippen LogP contribution in [-0.4, -0.2) is 37.0 Å². The Morgan fingerprint density at radius 3 is 2.90 bits per heavy atom. The maximum absolute atomic E-state index is 12.3. The molecule has 0 saturated heterocycles. The Kier molecular flexibility index (Phi) is 5.11. The number of hydrogen-bond acceptors (Lipinski definition) is 5. The summed E-state index contributed by atoms with van der Waals surface area (Å²) in [5, 5.41) is 9.04. The van der Waals surface area contributed by atoms with Gasteiger partial charge in [0.05, 0.1) is 6.42 Å². The summed E-state index contributed by atoms with van der Waals surface area (Å²) < 4.78 is 27.5. The molecule has 1 saturated carbocycles. The van der Waals surface area contributed by atoms with Crippen molar-refractivity contribution in [3.63, 3.8) is 0 Å². The standard InChI is InChI=1S/C12H17NO4S3/c1-18-10-4-2-3-9(10)13-20(16,17)12-6-5-8(19-12)7-11(14)15/h5-6,9-10,13H,2-4,7H2,1H3,(H,14,15). The van der Waals surface area contributed by atoms with E-state index < -0.39 is 16.0 Å². The van der Waals surface area contributed by atoms with E-state index in [0.717, 1.165) is 30.6 Å². The number of nitrogens with one attached hydrogen (secondary N) is 1. The molecule has 0 aromatic carbocycles. The molecule has 0 radical (unpaired) electrons. The van der Waals surface area contributed by atoms with Gasteiger partial charge in [0, 0.05) is 16.2 Å². The number of carbonyl (C=O) groups is 1. The fourth-order valence-corrected chi connectivity index (χ4v) is 6.04. The number of thioether (sulfide) groups is 1. The maximum atomic E-state index is 12.3. The Morgan fingerprint density at radius 2 is 2.25 bits per heavy atom. The quantitative estimate of drug-likeness (QED) is 0.830. The van der Waals surface area contributed by atoms with Crippen molar-refractivity contribution >= 4 is 39.1 Å². The number of aliphatic carboxylic acids is 1. The highest BCUT2D eigenvalue weighted by Gasteiger charge is 2.31. The van der Waals surface area contributed by atoms with E-state index in [-0.39, 0.29) is 16.7 Å². The molecule has 1 aromatic heterocycles. The van der Waals surface area contributed by atoms with Crippen LogP contribution < -0.4 is 4.72 Å². The van der Waals surface area contributed by atoms with Gasteiger partial charge in [0.15, 0.2) is 0 Å². The number of hydrogen-bond donors (Lipinski definition) is 2. The van der Waals surface area contributed by atoms with E-state index >= 15 is 0 Å². The molecular formula is C12H17NO4S3. The summed E-state index contributed by atoms with van der Waals surface area (Å²) in [5.74, 6) is -0.956. The van der Waals surface area contributed by atoms with Crippen molar-refractivity contribution in [2.24, 2.45) is 0 Å². The number of sulfonamides is 1.